The van der Waals surface area contributed by atoms with Gasteiger partial charge in [-0.05, 0) is 44.2 Å². The molecular formula is C23H38FN3O4S. The zero-order valence-electron chi connectivity index (χ0n) is 19.9. The summed E-state index contributed by atoms with van der Waals surface area (Å²) >= 11 is 1.74. The quantitative estimate of drug-likeness (QED) is 0.197. The summed E-state index contributed by atoms with van der Waals surface area (Å²) in [7, 11) is 3.92. The minimum absolute atomic E-state index is 0.188. The largest absolute Gasteiger partial charge is 0.478 e. The minimum atomic E-state index is -1.26. The standard InChI is InChI=1S/C17H28FN3S.C4H4O4.C2H6/c1-5-7-17(22-15-10-8-14(18)9-11-15)16(6-2)21(20-4)13-12-19-3;5-3(6)1-2-4(7)8;1-2/h8-11,19-20H,5-7,12-13H2,1-4H3;1-2H,(H,5,6)(H,7,8);1-2H3/b17-16+;2-1-;. The molecule has 0 aliphatic rings. The summed E-state index contributed by atoms with van der Waals surface area (Å²) in [4.78, 5) is 21.5. The first kappa shape index (κ1) is 31.8. The van der Waals surface area contributed by atoms with Crippen LogP contribution in [0.1, 0.15) is 47.0 Å². The molecular weight excluding hydrogens is 433 g/mol. The number of nitrogens with one attached hydrogen (secondary N) is 2. The van der Waals surface area contributed by atoms with Gasteiger partial charge in [0.1, 0.15) is 5.82 Å². The Hall–Kier alpha value is -2.36. The molecule has 0 atom stereocenters. The van der Waals surface area contributed by atoms with Gasteiger partial charge in [0.05, 0.1) is 0 Å². The molecule has 0 radical (unpaired) electrons. The van der Waals surface area contributed by atoms with E-state index in [9.17, 15) is 14.0 Å². The van der Waals surface area contributed by atoms with Crippen LogP contribution in [0, 0.1) is 5.82 Å². The highest BCUT2D eigenvalue weighted by atomic mass is 32.2. The van der Waals surface area contributed by atoms with Crippen molar-refractivity contribution in [3.8, 4) is 0 Å². The number of allylic oxidation sites excluding steroid dienone is 2. The number of benzene rings is 1. The molecule has 0 aliphatic heterocycles. The van der Waals surface area contributed by atoms with Crippen LogP contribution in [-0.2, 0) is 9.59 Å². The predicted octanol–water partition coefficient (Wildman–Crippen LogP) is 4.73. The number of hydrogen-bond acceptors (Lipinski definition) is 6. The van der Waals surface area contributed by atoms with Gasteiger partial charge in [-0.15, -0.1) is 0 Å². The second kappa shape index (κ2) is 20.5. The molecule has 182 valence electrons. The first-order valence-electron chi connectivity index (χ1n) is 10.7. The van der Waals surface area contributed by atoms with Gasteiger partial charge >= 0.3 is 11.9 Å². The number of carboxylic acid groups (broad SMARTS) is 2. The Kier molecular flexibility index (Phi) is 20.4. The molecule has 0 bridgehead atoms. The fourth-order valence-corrected chi connectivity index (χ4v) is 3.65. The van der Waals surface area contributed by atoms with Gasteiger partial charge in [0, 0.05) is 47.8 Å². The molecule has 0 unspecified atom stereocenters. The van der Waals surface area contributed by atoms with Gasteiger partial charge < -0.3 is 20.5 Å². The SMILES string of the molecule is CC.CCC/C(Sc1ccc(F)cc1)=C(/CC)N(CCNC)NC.O=C(O)/C=C\C(=O)O. The zero-order valence-corrected chi connectivity index (χ0v) is 20.8. The van der Waals surface area contributed by atoms with Gasteiger partial charge in [0.15, 0.2) is 0 Å². The van der Waals surface area contributed by atoms with E-state index >= 15 is 0 Å². The first-order chi connectivity index (χ1) is 15.3. The average molecular weight is 472 g/mol. The lowest BCUT2D eigenvalue weighted by molar-refractivity contribution is -0.134. The molecule has 0 aliphatic carbocycles. The highest BCUT2D eigenvalue weighted by Gasteiger charge is 2.13. The lowest BCUT2D eigenvalue weighted by Crippen LogP contribution is -2.39. The van der Waals surface area contributed by atoms with Crippen molar-refractivity contribution in [1.82, 2.24) is 15.8 Å². The summed E-state index contributed by atoms with van der Waals surface area (Å²) in [6, 6.07) is 6.74. The Balaban J connectivity index is 0. The number of thioether (sulfide) groups is 1. The van der Waals surface area contributed by atoms with Crippen LogP contribution in [0.3, 0.4) is 0 Å². The van der Waals surface area contributed by atoms with Gasteiger partial charge in [-0.1, -0.05) is 45.9 Å². The molecule has 1 aromatic rings. The van der Waals surface area contributed by atoms with Gasteiger partial charge in [0.25, 0.3) is 0 Å². The fourth-order valence-electron chi connectivity index (χ4n) is 2.41. The summed E-state index contributed by atoms with van der Waals surface area (Å²) in [5, 5.41) is 21.0. The van der Waals surface area contributed by atoms with E-state index in [1.807, 2.05) is 40.1 Å². The molecule has 9 heteroatoms. The van der Waals surface area contributed by atoms with Crippen LogP contribution < -0.4 is 10.7 Å². The Morgan fingerprint density at radius 2 is 1.59 bits per heavy atom. The molecule has 0 amide bonds. The van der Waals surface area contributed by atoms with E-state index in [-0.39, 0.29) is 5.82 Å². The van der Waals surface area contributed by atoms with Crippen molar-refractivity contribution in [2.75, 3.05) is 27.2 Å². The van der Waals surface area contributed by atoms with E-state index in [2.05, 4.69) is 29.6 Å². The number of halogens is 1. The van der Waals surface area contributed by atoms with Crippen LogP contribution in [0.25, 0.3) is 0 Å². The van der Waals surface area contributed by atoms with E-state index < -0.39 is 11.9 Å². The van der Waals surface area contributed by atoms with E-state index in [4.69, 9.17) is 10.2 Å². The summed E-state index contributed by atoms with van der Waals surface area (Å²) < 4.78 is 13.1. The third-order valence-corrected chi connectivity index (χ3v) is 4.93. The first-order valence-corrected chi connectivity index (χ1v) is 11.5. The molecule has 7 nitrogen and oxygen atoms in total. The molecule has 0 spiro atoms. The van der Waals surface area contributed by atoms with E-state index in [0.717, 1.165) is 37.2 Å². The van der Waals surface area contributed by atoms with Crippen molar-refractivity contribution in [2.24, 2.45) is 0 Å². The summed E-state index contributed by atoms with van der Waals surface area (Å²) in [5.74, 6) is -2.70. The maximum absolute atomic E-state index is 13.1. The number of likely N-dealkylation sites (N-methyl/N-ethyl adjacent to an activating group) is 1. The van der Waals surface area contributed by atoms with Crippen LogP contribution in [0.15, 0.2) is 51.9 Å². The van der Waals surface area contributed by atoms with Gasteiger partial charge in [-0.25, -0.2) is 19.4 Å². The third-order valence-electron chi connectivity index (χ3n) is 3.74. The summed E-state index contributed by atoms with van der Waals surface area (Å²) in [6.45, 7) is 10.2. The smallest absolute Gasteiger partial charge is 0.328 e. The second-order valence-corrected chi connectivity index (χ2v) is 7.19. The fraction of sp³-hybridized carbons (Fsp3) is 0.478. The van der Waals surface area contributed by atoms with Crippen molar-refractivity contribution < 1.29 is 24.2 Å². The van der Waals surface area contributed by atoms with Gasteiger partial charge in [-0.3, -0.25) is 0 Å². The average Bonchev–Trinajstić information content (AvgIpc) is 2.78. The van der Waals surface area contributed by atoms with Gasteiger partial charge in [-0.2, -0.15) is 0 Å². The maximum Gasteiger partial charge on any atom is 0.328 e. The second-order valence-electron chi connectivity index (χ2n) is 6.02. The van der Waals surface area contributed by atoms with Crippen LogP contribution >= 0.6 is 11.8 Å². The Bertz CT molecular complexity index is 694. The molecule has 4 N–H and O–H groups in total. The van der Waals surface area contributed by atoms with Crippen molar-refractivity contribution >= 4 is 23.7 Å². The van der Waals surface area contributed by atoms with Gasteiger partial charge in [0.2, 0.25) is 0 Å². The third kappa shape index (κ3) is 15.4. The number of rotatable bonds is 12. The maximum atomic E-state index is 13.1. The van der Waals surface area contributed by atoms with Crippen molar-refractivity contribution in [3.63, 3.8) is 0 Å². The van der Waals surface area contributed by atoms with Crippen LogP contribution in [0.2, 0.25) is 0 Å². The van der Waals surface area contributed by atoms with Crippen molar-refractivity contribution in [3.05, 3.63) is 52.8 Å². The zero-order chi connectivity index (χ0) is 24.9. The molecule has 0 saturated heterocycles. The Labute approximate surface area is 195 Å². The van der Waals surface area contributed by atoms with E-state index in [1.54, 1.807) is 11.8 Å². The highest BCUT2D eigenvalue weighted by Crippen LogP contribution is 2.34. The number of carboxylic acids is 2. The highest BCUT2D eigenvalue weighted by molar-refractivity contribution is 8.03. The van der Waals surface area contributed by atoms with Crippen LogP contribution in [0.4, 0.5) is 4.39 Å². The lowest BCUT2D eigenvalue weighted by atomic mass is 10.2. The number of hydrazine groups is 1. The molecule has 0 saturated carbocycles. The van der Waals surface area contributed by atoms with Crippen LogP contribution in [0.5, 0.6) is 0 Å². The number of hydrogen-bond donors (Lipinski definition) is 4. The van der Waals surface area contributed by atoms with E-state index in [1.165, 1.54) is 22.7 Å². The molecule has 0 aromatic heterocycles. The Morgan fingerprint density at radius 3 is 1.97 bits per heavy atom. The summed E-state index contributed by atoms with van der Waals surface area (Å²) in [6.07, 6.45) is 4.21. The van der Waals surface area contributed by atoms with Crippen molar-refractivity contribution in [2.45, 2.75) is 51.9 Å². The topological polar surface area (TPSA) is 102 Å². The molecule has 1 aromatic carbocycles. The lowest BCUT2D eigenvalue weighted by Gasteiger charge is -2.28. The molecule has 0 heterocycles. The monoisotopic (exact) mass is 471 g/mol. The minimum Gasteiger partial charge on any atom is -0.478 e. The number of aliphatic carboxylic acids is 2. The van der Waals surface area contributed by atoms with E-state index in [0.29, 0.717) is 12.2 Å². The molecule has 0 fully saturated rings. The number of carbonyl (C=O) groups is 2. The molecule has 1 rings (SSSR count). The Morgan fingerprint density at radius 1 is 1.06 bits per heavy atom. The van der Waals surface area contributed by atoms with Crippen LogP contribution in [-0.4, -0.2) is 54.3 Å². The molecule has 32 heavy (non-hydrogen) atoms. The number of nitrogens with zero attached hydrogens (tertiary/aromatic N) is 1. The predicted molar refractivity (Wildman–Crippen MR) is 130 cm³/mol. The van der Waals surface area contributed by atoms with Crippen molar-refractivity contribution in [1.29, 1.82) is 0 Å². The normalized spacial score (nSPS) is 11.0. The summed E-state index contributed by atoms with van der Waals surface area (Å²) in [5.41, 5.74) is 4.60.